The summed E-state index contributed by atoms with van der Waals surface area (Å²) in [6, 6.07) is 7.47. The zero-order chi connectivity index (χ0) is 14.3. The molecule has 0 aliphatic carbocycles. The van der Waals surface area contributed by atoms with Crippen molar-refractivity contribution in [2.24, 2.45) is 0 Å². The summed E-state index contributed by atoms with van der Waals surface area (Å²) >= 11 is 14.9. The van der Waals surface area contributed by atoms with Crippen molar-refractivity contribution < 1.29 is 4.74 Å². The Morgan fingerprint density at radius 1 is 1.40 bits per heavy atom. The van der Waals surface area contributed by atoms with E-state index in [1.165, 1.54) is 0 Å². The van der Waals surface area contributed by atoms with Gasteiger partial charge in [0.05, 0.1) is 23.3 Å². The first-order valence-electron chi connectivity index (χ1n) is 5.70. The van der Waals surface area contributed by atoms with E-state index in [1.807, 2.05) is 22.8 Å². The molecule has 0 radical (unpaired) electrons. The lowest BCUT2D eigenvalue weighted by Gasteiger charge is -2.09. The Balaban J connectivity index is 2.34. The number of rotatable bonds is 2. The van der Waals surface area contributed by atoms with Crippen molar-refractivity contribution in [3.8, 4) is 11.4 Å². The summed E-state index contributed by atoms with van der Waals surface area (Å²) in [4.78, 5) is 7.45. The Labute approximate surface area is 133 Å². The number of benzene rings is 1. The number of aromatic nitrogens is 3. The van der Waals surface area contributed by atoms with Crippen LogP contribution in [0.5, 0.6) is 5.75 Å². The minimum absolute atomic E-state index is 0.545. The number of imidazole rings is 1. The lowest BCUT2D eigenvalue weighted by atomic mass is 10.3. The molecular weight excluding hydrogens is 362 g/mol. The Morgan fingerprint density at radius 3 is 2.95 bits per heavy atom. The Bertz CT molecular complexity index is 858. The van der Waals surface area contributed by atoms with Gasteiger partial charge in [-0.2, -0.15) is 0 Å². The lowest BCUT2D eigenvalue weighted by Crippen LogP contribution is -1.97. The third-order valence-corrected chi connectivity index (χ3v) is 4.05. The van der Waals surface area contributed by atoms with E-state index < -0.39 is 0 Å². The molecule has 2 heterocycles. The number of halogens is 2. The second kappa shape index (κ2) is 5.20. The lowest BCUT2D eigenvalue weighted by molar-refractivity contribution is 0.414. The van der Waals surface area contributed by atoms with Crippen LogP contribution < -0.4 is 4.74 Å². The minimum atomic E-state index is 0.545. The van der Waals surface area contributed by atoms with E-state index in [9.17, 15) is 0 Å². The maximum Gasteiger partial charge on any atom is 0.184 e. The highest BCUT2D eigenvalue weighted by atomic mass is 79.9. The maximum atomic E-state index is 5.95. The summed E-state index contributed by atoms with van der Waals surface area (Å²) in [5.41, 5.74) is 2.36. The van der Waals surface area contributed by atoms with Crippen LogP contribution in [-0.2, 0) is 0 Å². The highest BCUT2D eigenvalue weighted by Gasteiger charge is 2.12. The molecule has 0 aliphatic heterocycles. The van der Waals surface area contributed by atoms with Crippen LogP contribution in [0.3, 0.4) is 0 Å². The number of pyridine rings is 1. The number of nitrogens with one attached hydrogen (secondary N) is 1. The zero-order valence-corrected chi connectivity index (χ0v) is 13.5. The van der Waals surface area contributed by atoms with Gasteiger partial charge in [-0.25, -0.2) is 4.98 Å². The molecule has 2 aromatic heterocycles. The van der Waals surface area contributed by atoms with Crippen LogP contribution in [0.4, 0.5) is 0 Å². The highest BCUT2D eigenvalue weighted by Crippen LogP contribution is 2.29. The quantitative estimate of drug-likeness (QED) is 0.675. The first-order valence-corrected chi connectivity index (χ1v) is 7.28. The normalized spacial score (nSPS) is 10.9. The SMILES string of the molecule is COc1ccc(Br)c(-n2c(=S)[nH]c3cc(Cl)cnc32)c1. The van der Waals surface area contributed by atoms with E-state index in [0.29, 0.717) is 15.4 Å². The van der Waals surface area contributed by atoms with Crippen LogP contribution in [0.1, 0.15) is 0 Å². The first kappa shape index (κ1) is 13.6. The minimum Gasteiger partial charge on any atom is -0.497 e. The van der Waals surface area contributed by atoms with Gasteiger partial charge in [-0.15, -0.1) is 0 Å². The van der Waals surface area contributed by atoms with Crippen LogP contribution in [0.25, 0.3) is 16.9 Å². The highest BCUT2D eigenvalue weighted by molar-refractivity contribution is 9.10. The van der Waals surface area contributed by atoms with Gasteiger partial charge in [-0.05, 0) is 46.3 Å². The van der Waals surface area contributed by atoms with E-state index in [2.05, 4.69) is 25.9 Å². The predicted molar refractivity (Wildman–Crippen MR) is 85.5 cm³/mol. The van der Waals surface area contributed by atoms with Crippen LogP contribution in [0.2, 0.25) is 5.02 Å². The Kier molecular flexibility index (Phi) is 3.54. The van der Waals surface area contributed by atoms with E-state index in [1.54, 1.807) is 19.4 Å². The number of H-pyrrole nitrogens is 1. The van der Waals surface area contributed by atoms with Gasteiger partial charge >= 0.3 is 0 Å². The average Bonchev–Trinajstić information content (AvgIpc) is 2.74. The monoisotopic (exact) mass is 369 g/mol. The predicted octanol–water partition coefficient (Wildman–Crippen LogP) is 4.51. The third-order valence-electron chi connectivity index (χ3n) is 2.88. The molecule has 0 unspecified atom stereocenters. The molecule has 102 valence electrons. The first-order chi connectivity index (χ1) is 9.60. The number of fused-ring (bicyclic) bond motifs is 1. The largest absolute Gasteiger partial charge is 0.497 e. The molecule has 1 aromatic carbocycles. The third kappa shape index (κ3) is 2.24. The van der Waals surface area contributed by atoms with Crippen LogP contribution in [-0.4, -0.2) is 21.6 Å². The fourth-order valence-corrected chi connectivity index (χ4v) is 2.86. The molecule has 3 rings (SSSR count). The second-order valence-electron chi connectivity index (χ2n) is 4.11. The molecule has 0 saturated carbocycles. The van der Waals surface area contributed by atoms with Crippen molar-refractivity contribution in [1.82, 2.24) is 14.5 Å². The van der Waals surface area contributed by atoms with Crippen molar-refractivity contribution in [2.45, 2.75) is 0 Å². The van der Waals surface area contributed by atoms with Gasteiger partial charge in [0.15, 0.2) is 10.4 Å². The van der Waals surface area contributed by atoms with E-state index >= 15 is 0 Å². The Morgan fingerprint density at radius 2 is 2.20 bits per heavy atom. The smallest absolute Gasteiger partial charge is 0.184 e. The van der Waals surface area contributed by atoms with Crippen molar-refractivity contribution in [3.05, 3.63) is 44.7 Å². The van der Waals surface area contributed by atoms with Gasteiger partial charge in [-0.3, -0.25) is 4.57 Å². The molecular formula is C13H9BrClN3OS. The number of hydrogen-bond acceptors (Lipinski definition) is 3. The van der Waals surface area contributed by atoms with Crippen molar-refractivity contribution in [2.75, 3.05) is 7.11 Å². The van der Waals surface area contributed by atoms with Crippen molar-refractivity contribution in [1.29, 1.82) is 0 Å². The summed E-state index contributed by atoms with van der Waals surface area (Å²) < 4.78 is 8.54. The number of methoxy groups -OCH3 is 1. The van der Waals surface area contributed by atoms with Crippen LogP contribution in [0, 0.1) is 4.77 Å². The fourth-order valence-electron chi connectivity index (χ4n) is 1.98. The fraction of sp³-hybridized carbons (Fsp3) is 0.0769. The molecule has 0 aliphatic rings. The molecule has 7 heteroatoms. The second-order valence-corrected chi connectivity index (χ2v) is 5.79. The summed E-state index contributed by atoms with van der Waals surface area (Å²) in [5.74, 6) is 0.744. The van der Waals surface area contributed by atoms with Gasteiger partial charge in [0.1, 0.15) is 5.75 Å². The molecule has 0 atom stereocenters. The summed E-state index contributed by atoms with van der Waals surface area (Å²) in [5, 5.41) is 0.561. The van der Waals surface area contributed by atoms with Crippen LogP contribution in [0.15, 0.2) is 34.9 Å². The molecule has 0 fully saturated rings. The number of nitrogens with zero attached hydrogens (tertiary/aromatic N) is 2. The number of hydrogen-bond donors (Lipinski definition) is 1. The Hall–Kier alpha value is -1.37. The van der Waals surface area contributed by atoms with E-state index in [-0.39, 0.29) is 0 Å². The number of aromatic amines is 1. The molecule has 20 heavy (non-hydrogen) atoms. The molecule has 0 spiro atoms. The molecule has 4 nitrogen and oxygen atoms in total. The number of ether oxygens (including phenoxy) is 1. The molecule has 1 N–H and O–H groups in total. The molecule has 3 aromatic rings. The standard InChI is InChI=1S/C13H9BrClN3OS/c1-19-8-2-3-9(14)11(5-8)18-12-10(17-13(18)20)4-7(15)6-16-12/h2-6H,1H3,(H,17,20). The van der Waals surface area contributed by atoms with E-state index in [4.69, 9.17) is 28.6 Å². The molecule has 0 amide bonds. The molecule has 0 bridgehead atoms. The topological polar surface area (TPSA) is 42.8 Å². The summed E-state index contributed by atoms with van der Waals surface area (Å²) in [6.45, 7) is 0. The van der Waals surface area contributed by atoms with Gasteiger partial charge in [-0.1, -0.05) is 11.6 Å². The van der Waals surface area contributed by atoms with Gasteiger partial charge < -0.3 is 9.72 Å². The summed E-state index contributed by atoms with van der Waals surface area (Å²) in [6.07, 6.45) is 1.59. The summed E-state index contributed by atoms with van der Waals surface area (Å²) in [7, 11) is 1.62. The van der Waals surface area contributed by atoms with Crippen molar-refractivity contribution >= 4 is 50.9 Å². The average molecular weight is 371 g/mol. The van der Waals surface area contributed by atoms with Gasteiger partial charge in [0, 0.05) is 16.7 Å². The van der Waals surface area contributed by atoms with Crippen molar-refractivity contribution in [3.63, 3.8) is 0 Å². The zero-order valence-electron chi connectivity index (χ0n) is 10.4. The van der Waals surface area contributed by atoms with Gasteiger partial charge in [0.25, 0.3) is 0 Å². The molecule has 0 saturated heterocycles. The van der Waals surface area contributed by atoms with Crippen LogP contribution >= 0.6 is 39.7 Å². The van der Waals surface area contributed by atoms with E-state index in [0.717, 1.165) is 21.4 Å². The van der Waals surface area contributed by atoms with Gasteiger partial charge in [0.2, 0.25) is 0 Å². The maximum absolute atomic E-state index is 5.95.